The van der Waals surface area contributed by atoms with Crippen molar-refractivity contribution >= 4 is 17.4 Å². The molecule has 2 aliphatic rings. The van der Waals surface area contributed by atoms with Gasteiger partial charge in [0.25, 0.3) is 0 Å². The summed E-state index contributed by atoms with van der Waals surface area (Å²) < 4.78 is 11.5. The summed E-state index contributed by atoms with van der Waals surface area (Å²) >= 11 is 0. The zero-order valence-corrected chi connectivity index (χ0v) is 15.3. The van der Waals surface area contributed by atoms with Crippen molar-refractivity contribution in [3.63, 3.8) is 0 Å². The van der Waals surface area contributed by atoms with Gasteiger partial charge >= 0.3 is 6.03 Å². The van der Waals surface area contributed by atoms with Gasteiger partial charge in [-0.05, 0) is 45.7 Å². The van der Waals surface area contributed by atoms with E-state index in [-0.39, 0.29) is 30.4 Å². The maximum absolute atomic E-state index is 12.4. The first kappa shape index (κ1) is 18.0. The monoisotopic (exact) mass is 347 g/mol. The van der Waals surface area contributed by atoms with Gasteiger partial charge in [-0.1, -0.05) is 12.1 Å². The third kappa shape index (κ3) is 4.64. The molecule has 4 atom stereocenters. The van der Waals surface area contributed by atoms with Crippen LogP contribution >= 0.6 is 0 Å². The average Bonchev–Trinajstić information content (AvgIpc) is 3.09. The minimum absolute atomic E-state index is 0.00177. The van der Waals surface area contributed by atoms with Crippen molar-refractivity contribution in [3.8, 4) is 0 Å². The molecule has 2 aliphatic heterocycles. The fourth-order valence-electron chi connectivity index (χ4n) is 3.68. The molecule has 0 bridgehead atoms. The number of amides is 2. The Kier molecular flexibility index (Phi) is 5.81. The van der Waals surface area contributed by atoms with Crippen molar-refractivity contribution in [2.75, 3.05) is 29.9 Å². The number of anilines is 2. The molecule has 0 aliphatic carbocycles. The van der Waals surface area contributed by atoms with Crippen LogP contribution in [0.5, 0.6) is 0 Å². The number of nitrogens with zero attached hydrogens (tertiary/aromatic N) is 1. The van der Waals surface area contributed by atoms with Crippen molar-refractivity contribution in [3.05, 3.63) is 24.3 Å². The lowest BCUT2D eigenvalue weighted by Crippen LogP contribution is -2.46. The smallest absolute Gasteiger partial charge is 0.319 e. The van der Waals surface area contributed by atoms with Gasteiger partial charge in [0.1, 0.15) is 0 Å². The Balaban J connectivity index is 1.65. The van der Waals surface area contributed by atoms with E-state index >= 15 is 0 Å². The predicted octanol–water partition coefficient (Wildman–Crippen LogP) is 2.99. The van der Waals surface area contributed by atoms with Gasteiger partial charge in [-0.2, -0.15) is 0 Å². The first-order valence-electron chi connectivity index (χ1n) is 9.21. The van der Waals surface area contributed by atoms with Gasteiger partial charge in [-0.15, -0.1) is 0 Å². The van der Waals surface area contributed by atoms with Crippen LogP contribution < -0.4 is 15.5 Å². The van der Waals surface area contributed by atoms with E-state index in [9.17, 15) is 4.79 Å². The number of benzene rings is 1. The van der Waals surface area contributed by atoms with Gasteiger partial charge in [0.15, 0.2) is 0 Å². The molecule has 0 radical (unpaired) electrons. The fraction of sp³-hybridized carbons (Fsp3) is 0.632. The van der Waals surface area contributed by atoms with Crippen LogP contribution in [0.15, 0.2) is 24.3 Å². The first-order chi connectivity index (χ1) is 12.0. The summed E-state index contributed by atoms with van der Waals surface area (Å²) in [5.41, 5.74) is 1.85. The fourth-order valence-corrected chi connectivity index (χ4v) is 3.68. The third-order valence-electron chi connectivity index (χ3n) is 4.79. The molecule has 2 heterocycles. The number of carbonyl (C=O) groups excluding carboxylic acids is 1. The lowest BCUT2D eigenvalue weighted by molar-refractivity contribution is -0.00517. The van der Waals surface area contributed by atoms with Crippen molar-refractivity contribution < 1.29 is 14.3 Å². The van der Waals surface area contributed by atoms with E-state index < -0.39 is 0 Å². The highest BCUT2D eigenvalue weighted by Crippen LogP contribution is 2.28. The molecule has 4 unspecified atom stereocenters. The number of ether oxygens (including phenoxy) is 2. The summed E-state index contributed by atoms with van der Waals surface area (Å²) in [4.78, 5) is 14.7. The molecule has 1 aromatic carbocycles. The second kappa shape index (κ2) is 8.06. The largest absolute Gasteiger partial charge is 0.376 e. The number of carbonyl (C=O) groups is 1. The minimum Gasteiger partial charge on any atom is -0.376 e. The molecule has 0 saturated carbocycles. The Morgan fingerprint density at radius 2 is 1.96 bits per heavy atom. The number of morpholine rings is 1. The van der Waals surface area contributed by atoms with E-state index in [1.54, 1.807) is 0 Å². The summed E-state index contributed by atoms with van der Waals surface area (Å²) in [7, 11) is 0. The molecule has 2 fully saturated rings. The highest BCUT2D eigenvalue weighted by Gasteiger charge is 2.26. The highest BCUT2D eigenvalue weighted by atomic mass is 16.5. The molecule has 138 valence electrons. The average molecular weight is 347 g/mol. The Hall–Kier alpha value is -1.79. The van der Waals surface area contributed by atoms with Crippen LogP contribution in [-0.2, 0) is 9.47 Å². The van der Waals surface area contributed by atoms with E-state index in [4.69, 9.17) is 9.47 Å². The minimum atomic E-state index is -0.190. The molecule has 2 saturated heterocycles. The lowest BCUT2D eigenvalue weighted by Gasteiger charge is -2.37. The van der Waals surface area contributed by atoms with Gasteiger partial charge in [0.05, 0.1) is 35.7 Å². The molecule has 6 nitrogen and oxygen atoms in total. The van der Waals surface area contributed by atoms with E-state index in [1.165, 1.54) is 0 Å². The van der Waals surface area contributed by atoms with E-state index in [0.29, 0.717) is 0 Å². The second-order valence-corrected chi connectivity index (χ2v) is 7.12. The van der Waals surface area contributed by atoms with Crippen LogP contribution in [0.3, 0.4) is 0 Å². The standard InChI is InChI=1S/C19H29N3O3/c1-13-11-22(12-14(2)25-13)17-8-5-4-7-16(17)21-19(23)20-15(3)18-9-6-10-24-18/h4-5,7-8,13-15,18H,6,9-12H2,1-3H3,(H2,20,21,23). The van der Waals surface area contributed by atoms with Gasteiger partial charge in [0, 0.05) is 19.7 Å². The molecular weight excluding hydrogens is 318 g/mol. The summed E-state index contributed by atoms with van der Waals surface area (Å²) in [6, 6.07) is 7.73. The summed E-state index contributed by atoms with van der Waals surface area (Å²) in [6.45, 7) is 8.57. The number of nitrogens with one attached hydrogen (secondary N) is 2. The van der Waals surface area contributed by atoms with Crippen molar-refractivity contribution in [2.45, 2.75) is 58.0 Å². The number of para-hydroxylation sites is 2. The van der Waals surface area contributed by atoms with Crippen LogP contribution in [0.2, 0.25) is 0 Å². The summed E-state index contributed by atoms with van der Waals surface area (Å²) in [5, 5.41) is 6.00. The van der Waals surface area contributed by atoms with E-state index in [2.05, 4.69) is 29.4 Å². The van der Waals surface area contributed by atoms with Crippen LogP contribution in [-0.4, -0.2) is 50.1 Å². The molecular formula is C19H29N3O3. The Morgan fingerprint density at radius 3 is 2.64 bits per heavy atom. The number of hydrogen-bond donors (Lipinski definition) is 2. The summed E-state index contributed by atoms with van der Waals surface area (Å²) in [5.74, 6) is 0. The Morgan fingerprint density at radius 1 is 1.24 bits per heavy atom. The molecule has 1 aromatic rings. The normalized spacial score (nSPS) is 27.8. The molecule has 25 heavy (non-hydrogen) atoms. The zero-order chi connectivity index (χ0) is 17.8. The molecule has 6 heteroatoms. The van der Waals surface area contributed by atoms with E-state index in [1.807, 2.05) is 31.2 Å². The van der Waals surface area contributed by atoms with Gasteiger partial charge in [-0.25, -0.2) is 4.79 Å². The molecule has 2 amide bonds. The number of hydrogen-bond acceptors (Lipinski definition) is 4. The molecule has 3 rings (SSSR count). The molecule has 0 aromatic heterocycles. The number of urea groups is 1. The second-order valence-electron chi connectivity index (χ2n) is 7.12. The van der Waals surface area contributed by atoms with Crippen molar-refractivity contribution in [1.82, 2.24) is 5.32 Å². The highest BCUT2D eigenvalue weighted by molar-refractivity contribution is 5.93. The topological polar surface area (TPSA) is 62.8 Å². The SMILES string of the molecule is CC1CN(c2ccccc2NC(=O)NC(C)C2CCCO2)CC(C)O1. The van der Waals surface area contributed by atoms with Crippen LogP contribution in [0.1, 0.15) is 33.6 Å². The molecule has 2 N–H and O–H groups in total. The van der Waals surface area contributed by atoms with Gasteiger partial charge in [-0.3, -0.25) is 0 Å². The Bertz CT molecular complexity index is 579. The third-order valence-corrected chi connectivity index (χ3v) is 4.79. The van der Waals surface area contributed by atoms with Crippen LogP contribution in [0, 0.1) is 0 Å². The Labute approximate surface area is 149 Å². The van der Waals surface area contributed by atoms with Crippen LogP contribution in [0.4, 0.5) is 16.2 Å². The molecule has 0 spiro atoms. The number of rotatable bonds is 4. The lowest BCUT2D eigenvalue weighted by atomic mass is 10.1. The maximum atomic E-state index is 12.4. The maximum Gasteiger partial charge on any atom is 0.319 e. The van der Waals surface area contributed by atoms with Crippen LogP contribution in [0.25, 0.3) is 0 Å². The predicted molar refractivity (Wildman–Crippen MR) is 99.3 cm³/mol. The zero-order valence-electron chi connectivity index (χ0n) is 15.3. The van der Waals surface area contributed by atoms with Crippen molar-refractivity contribution in [2.24, 2.45) is 0 Å². The van der Waals surface area contributed by atoms with E-state index in [0.717, 1.165) is 43.9 Å². The quantitative estimate of drug-likeness (QED) is 0.879. The first-order valence-corrected chi connectivity index (χ1v) is 9.21. The van der Waals surface area contributed by atoms with Gasteiger partial charge < -0.3 is 25.0 Å². The summed E-state index contributed by atoms with van der Waals surface area (Å²) in [6.07, 6.45) is 2.52. The van der Waals surface area contributed by atoms with Crippen molar-refractivity contribution in [1.29, 1.82) is 0 Å². The van der Waals surface area contributed by atoms with Gasteiger partial charge in [0.2, 0.25) is 0 Å².